The summed E-state index contributed by atoms with van der Waals surface area (Å²) in [5.41, 5.74) is 6.30. The summed E-state index contributed by atoms with van der Waals surface area (Å²) in [4.78, 5) is 3.99. The lowest BCUT2D eigenvalue weighted by Gasteiger charge is -1.85. The van der Waals surface area contributed by atoms with Crippen molar-refractivity contribution in [3.63, 3.8) is 0 Å². The highest BCUT2D eigenvalue weighted by Crippen LogP contribution is 2.16. The fourth-order valence-corrected chi connectivity index (χ4v) is 0.970. The zero-order valence-corrected chi connectivity index (χ0v) is 7.35. The van der Waals surface area contributed by atoms with Crippen molar-refractivity contribution in [1.29, 1.82) is 0 Å². The van der Waals surface area contributed by atoms with E-state index in [1.54, 1.807) is 13.1 Å². The molecular weight excluding hydrogens is 170 g/mol. The largest absolute Gasteiger partial charge is 0.368 e. The molecule has 0 bridgehead atoms. The molecule has 2 heterocycles. The molecule has 0 radical (unpaired) electrons. The number of nitrogen functional groups attached to an aromatic ring is 1. The summed E-state index contributed by atoms with van der Waals surface area (Å²) in [6.07, 6.45) is 0. The number of rotatable bonds is 1. The van der Waals surface area contributed by atoms with Crippen LogP contribution in [0.5, 0.6) is 0 Å². The van der Waals surface area contributed by atoms with E-state index in [0.717, 1.165) is 5.69 Å². The molecule has 0 saturated heterocycles. The molecule has 0 aromatic carbocycles. The fourth-order valence-electron chi connectivity index (χ4n) is 0.970. The van der Waals surface area contributed by atoms with Crippen LogP contribution < -0.4 is 5.73 Å². The second kappa shape index (κ2) is 2.58. The van der Waals surface area contributed by atoms with E-state index >= 15 is 0 Å². The first-order chi connectivity index (χ1) is 6.16. The van der Waals surface area contributed by atoms with E-state index in [0.29, 0.717) is 17.5 Å². The van der Waals surface area contributed by atoms with Gasteiger partial charge in [0.25, 0.3) is 0 Å². The molecule has 6 heteroatoms. The predicted molar refractivity (Wildman–Crippen MR) is 45.6 cm³/mol. The molecule has 2 rings (SSSR count). The average Bonchev–Trinajstić information content (AvgIpc) is 2.61. The minimum Gasteiger partial charge on any atom is -0.368 e. The van der Waals surface area contributed by atoms with Crippen molar-refractivity contribution in [2.24, 2.45) is 7.05 Å². The van der Waals surface area contributed by atoms with Crippen LogP contribution in [0.2, 0.25) is 0 Å². The Hall–Kier alpha value is -1.85. The van der Waals surface area contributed by atoms with Crippen molar-refractivity contribution in [2.45, 2.75) is 6.92 Å². The summed E-state index contributed by atoms with van der Waals surface area (Å²) in [5.74, 6) is 1.34. The molecule has 0 spiro atoms. The lowest BCUT2D eigenvalue weighted by atomic mass is 10.4. The normalized spacial score (nSPS) is 10.6. The lowest BCUT2D eigenvalue weighted by Crippen LogP contribution is -1.97. The van der Waals surface area contributed by atoms with E-state index in [9.17, 15) is 0 Å². The molecule has 13 heavy (non-hydrogen) atoms. The van der Waals surface area contributed by atoms with E-state index in [4.69, 9.17) is 10.3 Å². The Morgan fingerprint density at radius 2 is 2.31 bits per heavy atom. The molecule has 0 unspecified atom stereocenters. The predicted octanol–water partition coefficient (Wildman–Crippen LogP) is 0.361. The van der Waals surface area contributed by atoms with Crippen LogP contribution in [0.25, 0.3) is 11.6 Å². The van der Waals surface area contributed by atoms with Gasteiger partial charge in [-0.25, -0.2) is 4.68 Å². The maximum Gasteiger partial charge on any atom is 0.221 e. The Morgan fingerprint density at radius 1 is 1.54 bits per heavy atom. The number of nitrogens with zero attached hydrogens (tertiary/aromatic N) is 4. The van der Waals surface area contributed by atoms with Crippen LogP contribution >= 0.6 is 0 Å². The SMILES string of the molecule is Cc1cc(-c2nc(N)n(C)n2)on1. The van der Waals surface area contributed by atoms with Gasteiger partial charge >= 0.3 is 0 Å². The molecule has 0 atom stereocenters. The maximum absolute atomic E-state index is 5.51. The number of aryl methyl sites for hydroxylation is 2. The number of hydrogen-bond donors (Lipinski definition) is 1. The molecule has 0 aliphatic heterocycles. The zero-order chi connectivity index (χ0) is 9.42. The molecule has 68 valence electrons. The average molecular weight is 179 g/mol. The molecule has 2 aromatic rings. The molecule has 0 aliphatic carbocycles. The number of nitrogens with two attached hydrogens (primary N) is 1. The summed E-state index contributed by atoms with van der Waals surface area (Å²) >= 11 is 0. The first-order valence-electron chi connectivity index (χ1n) is 3.77. The summed E-state index contributed by atoms with van der Waals surface area (Å²) in [7, 11) is 1.72. The first-order valence-corrected chi connectivity index (χ1v) is 3.77. The zero-order valence-electron chi connectivity index (χ0n) is 7.35. The highest BCUT2D eigenvalue weighted by Gasteiger charge is 2.10. The minimum absolute atomic E-state index is 0.351. The van der Waals surface area contributed by atoms with Crippen LogP contribution in [0.1, 0.15) is 5.69 Å². The van der Waals surface area contributed by atoms with E-state index < -0.39 is 0 Å². The van der Waals surface area contributed by atoms with Gasteiger partial charge in [0, 0.05) is 13.1 Å². The van der Waals surface area contributed by atoms with E-state index in [1.807, 2.05) is 6.92 Å². The summed E-state index contributed by atoms with van der Waals surface area (Å²) < 4.78 is 6.45. The Kier molecular flexibility index (Phi) is 1.54. The van der Waals surface area contributed by atoms with Gasteiger partial charge in [-0.15, -0.1) is 5.10 Å². The van der Waals surface area contributed by atoms with Crippen molar-refractivity contribution in [3.05, 3.63) is 11.8 Å². The quantitative estimate of drug-likeness (QED) is 0.683. The Bertz CT molecular complexity index is 410. The minimum atomic E-state index is 0.351. The van der Waals surface area contributed by atoms with Crippen LogP contribution in [-0.2, 0) is 7.05 Å². The van der Waals surface area contributed by atoms with Gasteiger partial charge in [-0.05, 0) is 6.92 Å². The molecule has 2 aromatic heterocycles. The maximum atomic E-state index is 5.51. The van der Waals surface area contributed by atoms with E-state index in [2.05, 4.69) is 15.2 Å². The lowest BCUT2D eigenvalue weighted by molar-refractivity contribution is 0.424. The second-order valence-electron chi connectivity index (χ2n) is 2.75. The first kappa shape index (κ1) is 7.78. The van der Waals surface area contributed by atoms with Crippen LogP contribution in [-0.4, -0.2) is 19.9 Å². The van der Waals surface area contributed by atoms with Gasteiger partial charge in [0.15, 0.2) is 0 Å². The monoisotopic (exact) mass is 179 g/mol. The van der Waals surface area contributed by atoms with Gasteiger partial charge < -0.3 is 10.3 Å². The van der Waals surface area contributed by atoms with Gasteiger partial charge in [-0.1, -0.05) is 5.16 Å². The molecular formula is C7H9N5O. The molecule has 0 saturated carbocycles. The van der Waals surface area contributed by atoms with Crippen molar-refractivity contribution in [1.82, 2.24) is 19.9 Å². The summed E-state index contributed by atoms with van der Waals surface area (Å²) in [5, 5.41) is 7.77. The van der Waals surface area contributed by atoms with Crippen LogP contribution in [0.3, 0.4) is 0 Å². The van der Waals surface area contributed by atoms with Crippen molar-refractivity contribution >= 4 is 5.95 Å². The van der Waals surface area contributed by atoms with Crippen LogP contribution in [0.15, 0.2) is 10.6 Å². The van der Waals surface area contributed by atoms with Gasteiger partial charge in [0.1, 0.15) is 0 Å². The van der Waals surface area contributed by atoms with Crippen LogP contribution in [0.4, 0.5) is 5.95 Å². The van der Waals surface area contributed by atoms with Gasteiger partial charge in [0.2, 0.25) is 17.5 Å². The van der Waals surface area contributed by atoms with E-state index in [-0.39, 0.29) is 0 Å². The number of anilines is 1. The molecule has 0 aliphatic rings. The van der Waals surface area contributed by atoms with E-state index in [1.165, 1.54) is 4.68 Å². The third-order valence-electron chi connectivity index (χ3n) is 1.65. The smallest absolute Gasteiger partial charge is 0.221 e. The third kappa shape index (κ3) is 1.26. The highest BCUT2D eigenvalue weighted by molar-refractivity contribution is 5.48. The van der Waals surface area contributed by atoms with Gasteiger partial charge in [0.05, 0.1) is 5.69 Å². The standard InChI is InChI=1S/C7H9N5O/c1-4-3-5(13-11-4)6-9-7(8)12(2)10-6/h3H,1-2H3,(H2,8,9,10). The summed E-state index contributed by atoms with van der Waals surface area (Å²) in [6, 6.07) is 1.76. The topological polar surface area (TPSA) is 82.8 Å². The Morgan fingerprint density at radius 3 is 2.77 bits per heavy atom. The van der Waals surface area contributed by atoms with Gasteiger partial charge in [-0.2, -0.15) is 4.98 Å². The Balaban J connectivity index is 2.46. The number of hydrogen-bond acceptors (Lipinski definition) is 5. The second-order valence-corrected chi connectivity index (χ2v) is 2.75. The Labute approximate surface area is 74.4 Å². The fraction of sp³-hybridized carbons (Fsp3) is 0.286. The van der Waals surface area contributed by atoms with Crippen molar-refractivity contribution < 1.29 is 4.52 Å². The van der Waals surface area contributed by atoms with Crippen molar-refractivity contribution in [3.8, 4) is 11.6 Å². The van der Waals surface area contributed by atoms with Crippen LogP contribution in [0, 0.1) is 6.92 Å². The number of aromatic nitrogens is 4. The summed E-state index contributed by atoms with van der Waals surface area (Å²) in [6.45, 7) is 1.83. The molecule has 2 N–H and O–H groups in total. The highest BCUT2D eigenvalue weighted by atomic mass is 16.5. The molecule has 0 amide bonds. The molecule has 6 nitrogen and oxygen atoms in total. The third-order valence-corrected chi connectivity index (χ3v) is 1.65. The molecule has 0 fully saturated rings. The van der Waals surface area contributed by atoms with Crippen molar-refractivity contribution in [2.75, 3.05) is 5.73 Å². The van der Waals surface area contributed by atoms with Gasteiger partial charge in [-0.3, -0.25) is 0 Å².